The van der Waals surface area contributed by atoms with Crippen molar-refractivity contribution in [3.8, 4) is 0 Å². The summed E-state index contributed by atoms with van der Waals surface area (Å²) in [5, 5.41) is 0. The quantitative estimate of drug-likeness (QED) is 0.740. The number of likely N-dealkylation sites (N-methyl/N-ethyl adjacent to an activating group) is 1. The van der Waals surface area contributed by atoms with Crippen LogP contribution in [0.15, 0.2) is 6.07 Å². The number of alkyl halides is 2. The molecular formula is C12H18F2N2O. The van der Waals surface area contributed by atoms with E-state index in [-0.39, 0.29) is 18.9 Å². The Morgan fingerprint density at radius 1 is 1.47 bits per heavy atom. The van der Waals surface area contributed by atoms with Crippen LogP contribution in [0.3, 0.4) is 0 Å². The molecule has 0 N–H and O–H groups in total. The Balaban J connectivity index is 2.73. The molecule has 0 aliphatic heterocycles. The molecular weight excluding hydrogens is 226 g/mol. The topological polar surface area (TPSA) is 25.2 Å². The van der Waals surface area contributed by atoms with Crippen molar-refractivity contribution < 1.29 is 13.6 Å². The number of rotatable bonds is 5. The Bertz CT molecular complexity index is 413. The summed E-state index contributed by atoms with van der Waals surface area (Å²) in [6.45, 7) is 3.41. The van der Waals surface area contributed by atoms with Crippen LogP contribution in [-0.4, -0.2) is 41.8 Å². The second-order valence-electron chi connectivity index (χ2n) is 4.35. The van der Waals surface area contributed by atoms with Gasteiger partial charge in [0.05, 0.1) is 13.1 Å². The molecule has 0 bridgehead atoms. The van der Waals surface area contributed by atoms with E-state index in [1.807, 2.05) is 25.5 Å². The van der Waals surface area contributed by atoms with Crippen molar-refractivity contribution >= 4 is 5.78 Å². The molecule has 17 heavy (non-hydrogen) atoms. The van der Waals surface area contributed by atoms with Crippen molar-refractivity contribution in [1.29, 1.82) is 0 Å². The van der Waals surface area contributed by atoms with Crippen LogP contribution in [0.4, 0.5) is 8.78 Å². The molecule has 0 fully saturated rings. The fourth-order valence-electron chi connectivity index (χ4n) is 1.77. The van der Waals surface area contributed by atoms with E-state index >= 15 is 0 Å². The van der Waals surface area contributed by atoms with Gasteiger partial charge in [-0.25, -0.2) is 8.78 Å². The second-order valence-corrected chi connectivity index (χ2v) is 4.35. The van der Waals surface area contributed by atoms with Crippen LogP contribution >= 0.6 is 0 Å². The molecule has 0 saturated carbocycles. The molecule has 1 rings (SSSR count). The van der Waals surface area contributed by atoms with E-state index in [2.05, 4.69) is 0 Å². The Hall–Kier alpha value is -1.23. The molecule has 3 nitrogen and oxygen atoms in total. The van der Waals surface area contributed by atoms with Crippen LogP contribution in [0.2, 0.25) is 0 Å². The lowest BCUT2D eigenvalue weighted by molar-refractivity contribution is 0.0819. The number of aryl methyl sites for hydroxylation is 1. The van der Waals surface area contributed by atoms with Gasteiger partial charge in [0.1, 0.15) is 0 Å². The highest BCUT2D eigenvalue weighted by molar-refractivity contribution is 5.99. The summed E-state index contributed by atoms with van der Waals surface area (Å²) < 4.78 is 26.2. The minimum absolute atomic E-state index is 0.0225. The SMILES string of the molecule is Cc1cc(C(=O)CN(C)CC(F)F)c(C)n1C. The van der Waals surface area contributed by atoms with E-state index in [0.717, 1.165) is 11.4 Å². The second kappa shape index (κ2) is 5.40. The Kier molecular flexibility index (Phi) is 4.40. The predicted octanol–water partition coefficient (Wildman–Crippen LogP) is 2.02. The van der Waals surface area contributed by atoms with Gasteiger partial charge >= 0.3 is 0 Å². The number of aromatic nitrogens is 1. The zero-order valence-electron chi connectivity index (χ0n) is 10.6. The maximum atomic E-state index is 12.1. The normalized spacial score (nSPS) is 11.5. The van der Waals surface area contributed by atoms with Crippen molar-refractivity contribution in [2.75, 3.05) is 20.1 Å². The highest BCUT2D eigenvalue weighted by Gasteiger charge is 2.17. The summed E-state index contributed by atoms with van der Waals surface area (Å²) in [5.41, 5.74) is 2.48. The molecule has 5 heteroatoms. The highest BCUT2D eigenvalue weighted by Crippen LogP contribution is 2.14. The van der Waals surface area contributed by atoms with Gasteiger partial charge < -0.3 is 4.57 Å². The molecule has 0 aliphatic carbocycles. The molecule has 1 aromatic rings. The van der Waals surface area contributed by atoms with Crippen LogP contribution in [0, 0.1) is 13.8 Å². The summed E-state index contributed by atoms with van der Waals surface area (Å²) in [6, 6.07) is 1.80. The molecule has 0 aromatic carbocycles. The maximum Gasteiger partial charge on any atom is 0.251 e. The number of halogens is 2. The van der Waals surface area contributed by atoms with Crippen LogP contribution < -0.4 is 0 Å². The average Bonchev–Trinajstić information content (AvgIpc) is 2.44. The zero-order chi connectivity index (χ0) is 13.2. The van der Waals surface area contributed by atoms with E-state index in [4.69, 9.17) is 0 Å². The van der Waals surface area contributed by atoms with E-state index in [1.54, 1.807) is 6.07 Å². The lowest BCUT2D eigenvalue weighted by atomic mass is 10.1. The van der Waals surface area contributed by atoms with Gasteiger partial charge in [-0.3, -0.25) is 9.69 Å². The first-order chi connectivity index (χ1) is 7.82. The minimum atomic E-state index is -2.41. The number of carbonyl (C=O) groups is 1. The van der Waals surface area contributed by atoms with E-state index in [9.17, 15) is 13.6 Å². The van der Waals surface area contributed by atoms with Crippen molar-refractivity contribution in [2.24, 2.45) is 7.05 Å². The van der Waals surface area contributed by atoms with E-state index in [1.165, 1.54) is 11.9 Å². The number of carbonyl (C=O) groups excluding carboxylic acids is 1. The van der Waals surface area contributed by atoms with Crippen LogP contribution in [0.25, 0.3) is 0 Å². The lowest BCUT2D eigenvalue weighted by Gasteiger charge is -2.14. The molecule has 0 amide bonds. The summed E-state index contributed by atoms with van der Waals surface area (Å²) in [5.74, 6) is -0.116. The van der Waals surface area contributed by atoms with Gasteiger partial charge in [-0.15, -0.1) is 0 Å². The van der Waals surface area contributed by atoms with Crippen LogP contribution in [0.1, 0.15) is 21.7 Å². The lowest BCUT2D eigenvalue weighted by Crippen LogP contribution is -2.30. The summed E-state index contributed by atoms with van der Waals surface area (Å²) in [6.07, 6.45) is -2.41. The molecule has 0 spiro atoms. The fourth-order valence-corrected chi connectivity index (χ4v) is 1.77. The van der Waals surface area contributed by atoms with E-state index in [0.29, 0.717) is 5.56 Å². The Labute approximate surface area is 100 Å². The van der Waals surface area contributed by atoms with Gasteiger partial charge in [0.15, 0.2) is 5.78 Å². The van der Waals surface area contributed by atoms with Gasteiger partial charge in [-0.2, -0.15) is 0 Å². The molecule has 0 saturated heterocycles. The van der Waals surface area contributed by atoms with Crippen molar-refractivity contribution in [3.63, 3.8) is 0 Å². The molecule has 1 heterocycles. The number of ketones is 1. The highest BCUT2D eigenvalue weighted by atomic mass is 19.3. The number of hydrogen-bond donors (Lipinski definition) is 0. The molecule has 96 valence electrons. The summed E-state index contributed by atoms with van der Waals surface area (Å²) in [4.78, 5) is 13.3. The van der Waals surface area contributed by atoms with Crippen LogP contribution in [-0.2, 0) is 7.05 Å². The third-order valence-corrected chi connectivity index (χ3v) is 2.94. The van der Waals surface area contributed by atoms with Gasteiger partial charge in [-0.05, 0) is 27.0 Å². The van der Waals surface area contributed by atoms with Crippen molar-refractivity contribution in [1.82, 2.24) is 9.47 Å². The monoisotopic (exact) mass is 244 g/mol. The summed E-state index contributed by atoms with van der Waals surface area (Å²) in [7, 11) is 3.40. The largest absolute Gasteiger partial charge is 0.351 e. The minimum Gasteiger partial charge on any atom is -0.351 e. The summed E-state index contributed by atoms with van der Waals surface area (Å²) >= 11 is 0. The number of Topliss-reactive ketones (excluding diaryl/α,β-unsaturated/α-hetero) is 1. The van der Waals surface area contributed by atoms with E-state index < -0.39 is 6.43 Å². The van der Waals surface area contributed by atoms with Gasteiger partial charge in [0.2, 0.25) is 0 Å². The molecule has 1 aromatic heterocycles. The third-order valence-electron chi connectivity index (χ3n) is 2.94. The number of nitrogens with zero attached hydrogens (tertiary/aromatic N) is 2. The Morgan fingerprint density at radius 3 is 2.47 bits per heavy atom. The average molecular weight is 244 g/mol. The zero-order valence-corrected chi connectivity index (χ0v) is 10.6. The molecule has 0 unspecified atom stereocenters. The fraction of sp³-hybridized carbons (Fsp3) is 0.583. The first kappa shape index (κ1) is 13.8. The Morgan fingerprint density at radius 2 is 2.06 bits per heavy atom. The third kappa shape index (κ3) is 3.36. The maximum absolute atomic E-state index is 12.1. The molecule has 0 atom stereocenters. The molecule has 0 aliphatic rings. The van der Waals surface area contributed by atoms with Crippen molar-refractivity contribution in [3.05, 3.63) is 23.0 Å². The smallest absolute Gasteiger partial charge is 0.251 e. The molecule has 0 radical (unpaired) electrons. The van der Waals surface area contributed by atoms with Crippen molar-refractivity contribution in [2.45, 2.75) is 20.3 Å². The van der Waals surface area contributed by atoms with Gasteiger partial charge in [-0.1, -0.05) is 0 Å². The van der Waals surface area contributed by atoms with Gasteiger partial charge in [0, 0.05) is 24.0 Å². The van der Waals surface area contributed by atoms with Gasteiger partial charge in [0.25, 0.3) is 6.43 Å². The standard InChI is InChI=1S/C12H18F2N2O/c1-8-5-10(9(2)16(8)4)11(17)6-15(3)7-12(13)14/h5,12H,6-7H2,1-4H3. The number of hydrogen-bond acceptors (Lipinski definition) is 2. The first-order valence-corrected chi connectivity index (χ1v) is 5.45. The van der Waals surface area contributed by atoms with Crippen LogP contribution in [0.5, 0.6) is 0 Å². The first-order valence-electron chi connectivity index (χ1n) is 5.45. The predicted molar refractivity (Wildman–Crippen MR) is 62.7 cm³/mol.